The summed E-state index contributed by atoms with van der Waals surface area (Å²) in [5.74, 6) is 1.07. The quantitative estimate of drug-likeness (QED) is 0.801. The molecule has 0 aliphatic carbocycles. The third-order valence-electron chi connectivity index (χ3n) is 2.62. The highest BCUT2D eigenvalue weighted by Crippen LogP contribution is 2.11. The first-order chi connectivity index (χ1) is 8.29. The first-order valence-electron chi connectivity index (χ1n) is 5.65. The van der Waals surface area contributed by atoms with Crippen LogP contribution in [0.3, 0.4) is 0 Å². The van der Waals surface area contributed by atoms with E-state index in [2.05, 4.69) is 0 Å². The molecule has 0 spiro atoms. The Hall–Kier alpha value is -1.87. The van der Waals surface area contributed by atoms with E-state index < -0.39 is 0 Å². The van der Waals surface area contributed by atoms with Crippen LogP contribution in [0.5, 0.6) is 0 Å². The van der Waals surface area contributed by atoms with Crippen LogP contribution in [0, 0.1) is 0 Å². The first-order valence-corrected chi connectivity index (χ1v) is 5.65. The van der Waals surface area contributed by atoms with Crippen molar-refractivity contribution in [1.82, 2.24) is 0 Å². The minimum absolute atomic E-state index is 0.0218. The molecule has 17 heavy (non-hydrogen) atoms. The van der Waals surface area contributed by atoms with E-state index in [4.69, 9.17) is 10.2 Å². The number of hydrogen-bond donors (Lipinski definition) is 1. The number of ketones is 1. The fourth-order valence-corrected chi connectivity index (χ4v) is 1.66. The average Bonchev–Trinajstić information content (AvgIpc) is 2.86. The largest absolute Gasteiger partial charge is 0.457 e. The second kappa shape index (κ2) is 5.46. The van der Waals surface area contributed by atoms with Gasteiger partial charge in [0.2, 0.25) is 0 Å². The van der Waals surface area contributed by atoms with Crippen LogP contribution in [-0.4, -0.2) is 5.78 Å². The molecule has 0 saturated heterocycles. The van der Waals surface area contributed by atoms with Gasteiger partial charge in [-0.05, 0) is 24.1 Å². The first kappa shape index (κ1) is 11.6. The van der Waals surface area contributed by atoms with Gasteiger partial charge in [-0.25, -0.2) is 0 Å². The van der Waals surface area contributed by atoms with Crippen LogP contribution in [0.15, 0.2) is 46.9 Å². The van der Waals surface area contributed by atoms with Gasteiger partial charge in [0.1, 0.15) is 5.76 Å². The number of furan rings is 1. The standard InChI is InChI=1S/C14H15NO2/c15-10-12-7-9-14(17-12)13(16)8-6-11-4-2-1-3-5-11/h1-5,7,9H,6,8,10,15H2. The third kappa shape index (κ3) is 3.04. The number of Topliss-reactive ketones (excluding diaryl/α,β-unsaturated/α-hetero) is 1. The van der Waals surface area contributed by atoms with E-state index in [0.717, 1.165) is 12.0 Å². The van der Waals surface area contributed by atoms with E-state index in [9.17, 15) is 4.79 Å². The molecule has 0 amide bonds. The Labute approximate surface area is 100 Å². The summed E-state index contributed by atoms with van der Waals surface area (Å²) < 4.78 is 5.31. The van der Waals surface area contributed by atoms with Crippen molar-refractivity contribution in [3.63, 3.8) is 0 Å². The van der Waals surface area contributed by atoms with Crippen LogP contribution in [0.25, 0.3) is 0 Å². The zero-order valence-electron chi connectivity index (χ0n) is 9.56. The average molecular weight is 229 g/mol. The molecule has 2 aromatic rings. The number of nitrogens with two attached hydrogens (primary N) is 1. The summed E-state index contributed by atoms with van der Waals surface area (Å²) in [5.41, 5.74) is 6.58. The maximum absolute atomic E-state index is 11.8. The molecule has 2 rings (SSSR count). The van der Waals surface area contributed by atoms with Gasteiger partial charge in [0.25, 0.3) is 0 Å². The summed E-state index contributed by atoms with van der Waals surface area (Å²) >= 11 is 0. The molecule has 3 nitrogen and oxygen atoms in total. The van der Waals surface area contributed by atoms with Gasteiger partial charge in [-0.3, -0.25) is 4.79 Å². The van der Waals surface area contributed by atoms with Gasteiger partial charge in [0.05, 0.1) is 6.54 Å². The van der Waals surface area contributed by atoms with Gasteiger partial charge in [-0.15, -0.1) is 0 Å². The Morgan fingerprint density at radius 3 is 2.53 bits per heavy atom. The van der Waals surface area contributed by atoms with Crippen molar-refractivity contribution in [3.05, 3.63) is 59.5 Å². The van der Waals surface area contributed by atoms with Crippen LogP contribution >= 0.6 is 0 Å². The monoisotopic (exact) mass is 229 g/mol. The fraction of sp³-hybridized carbons (Fsp3) is 0.214. The molecule has 0 bridgehead atoms. The maximum atomic E-state index is 11.8. The van der Waals surface area contributed by atoms with Gasteiger partial charge < -0.3 is 10.2 Å². The van der Waals surface area contributed by atoms with E-state index in [1.54, 1.807) is 12.1 Å². The minimum Gasteiger partial charge on any atom is -0.457 e. The lowest BCUT2D eigenvalue weighted by atomic mass is 10.1. The van der Waals surface area contributed by atoms with E-state index in [1.165, 1.54) is 0 Å². The highest BCUT2D eigenvalue weighted by Gasteiger charge is 2.10. The normalized spacial score (nSPS) is 10.4. The molecular weight excluding hydrogens is 214 g/mol. The molecular formula is C14H15NO2. The lowest BCUT2D eigenvalue weighted by molar-refractivity contribution is 0.0954. The summed E-state index contributed by atoms with van der Waals surface area (Å²) in [5, 5.41) is 0. The number of carbonyl (C=O) groups excluding carboxylic acids is 1. The summed E-state index contributed by atoms with van der Waals surface area (Å²) in [6.45, 7) is 0.325. The number of benzene rings is 1. The smallest absolute Gasteiger partial charge is 0.198 e. The predicted molar refractivity (Wildman–Crippen MR) is 65.7 cm³/mol. The molecule has 0 unspecified atom stereocenters. The molecule has 0 aliphatic heterocycles. The predicted octanol–water partition coefficient (Wildman–Crippen LogP) is 2.55. The molecule has 0 radical (unpaired) electrons. The molecule has 0 aliphatic rings. The van der Waals surface area contributed by atoms with Gasteiger partial charge in [0.15, 0.2) is 11.5 Å². The summed E-state index contributed by atoms with van der Waals surface area (Å²) in [6.07, 6.45) is 1.19. The van der Waals surface area contributed by atoms with E-state index in [0.29, 0.717) is 24.5 Å². The van der Waals surface area contributed by atoms with Crippen molar-refractivity contribution in [2.75, 3.05) is 0 Å². The molecule has 1 heterocycles. The lowest BCUT2D eigenvalue weighted by Crippen LogP contribution is -2.00. The van der Waals surface area contributed by atoms with Crippen molar-refractivity contribution in [2.45, 2.75) is 19.4 Å². The molecule has 1 aromatic heterocycles. The molecule has 3 heteroatoms. The van der Waals surface area contributed by atoms with Crippen LogP contribution in [0.1, 0.15) is 28.3 Å². The molecule has 1 aromatic carbocycles. The van der Waals surface area contributed by atoms with Gasteiger partial charge in [0, 0.05) is 6.42 Å². The second-order valence-electron chi connectivity index (χ2n) is 3.88. The molecule has 2 N–H and O–H groups in total. The summed E-state index contributed by atoms with van der Waals surface area (Å²) in [6, 6.07) is 13.4. The van der Waals surface area contributed by atoms with Crippen molar-refractivity contribution >= 4 is 5.78 Å². The van der Waals surface area contributed by atoms with Crippen LogP contribution in [0.4, 0.5) is 0 Å². The van der Waals surface area contributed by atoms with Crippen molar-refractivity contribution in [2.24, 2.45) is 5.73 Å². The van der Waals surface area contributed by atoms with Crippen LogP contribution in [0.2, 0.25) is 0 Å². The number of rotatable bonds is 5. The van der Waals surface area contributed by atoms with E-state index in [-0.39, 0.29) is 5.78 Å². The maximum Gasteiger partial charge on any atom is 0.198 e. The lowest BCUT2D eigenvalue weighted by Gasteiger charge is -1.99. The zero-order valence-corrected chi connectivity index (χ0v) is 9.56. The number of aryl methyl sites for hydroxylation is 1. The third-order valence-corrected chi connectivity index (χ3v) is 2.62. The van der Waals surface area contributed by atoms with Crippen LogP contribution < -0.4 is 5.73 Å². The van der Waals surface area contributed by atoms with Gasteiger partial charge >= 0.3 is 0 Å². The molecule has 0 saturated carbocycles. The van der Waals surface area contributed by atoms with Gasteiger partial charge in [-0.2, -0.15) is 0 Å². The Morgan fingerprint density at radius 2 is 1.88 bits per heavy atom. The topological polar surface area (TPSA) is 56.2 Å². The van der Waals surface area contributed by atoms with Crippen molar-refractivity contribution in [1.29, 1.82) is 0 Å². The summed E-state index contributed by atoms with van der Waals surface area (Å²) in [7, 11) is 0. The fourth-order valence-electron chi connectivity index (χ4n) is 1.66. The Balaban J connectivity index is 1.93. The zero-order chi connectivity index (χ0) is 12.1. The van der Waals surface area contributed by atoms with E-state index in [1.807, 2.05) is 30.3 Å². The Morgan fingerprint density at radius 1 is 1.12 bits per heavy atom. The number of hydrogen-bond acceptors (Lipinski definition) is 3. The molecule has 0 atom stereocenters. The SMILES string of the molecule is NCc1ccc(C(=O)CCc2ccccc2)o1. The van der Waals surface area contributed by atoms with Crippen molar-refractivity contribution in [3.8, 4) is 0 Å². The van der Waals surface area contributed by atoms with E-state index >= 15 is 0 Å². The molecule has 88 valence electrons. The second-order valence-corrected chi connectivity index (χ2v) is 3.88. The number of carbonyl (C=O) groups is 1. The highest BCUT2D eigenvalue weighted by molar-refractivity contribution is 5.93. The highest BCUT2D eigenvalue weighted by atomic mass is 16.3. The summed E-state index contributed by atoms with van der Waals surface area (Å²) in [4.78, 5) is 11.8. The minimum atomic E-state index is 0.0218. The van der Waals surface area contributed by atoms with Crippen molar-refractivity contribution < 1.29 is 9.21 Å². The van der Waals surface area contributed by atoms with Gasteiger partial charge in [-0.1, -0.05) is 30.3 Å². The Bertz CT molecular complexity index is 488. The molecule has 0 fully saturated rings. The van der Waals surface area contributed by atoms with Crippen LogP contribution in [-0.2, 0) is 13.0 Å². The Kier molecular flexibility index (Phi) is 3.73.